The number of aryl methyl sites for hydroxylation is 1. The molecule has 1 aromatic rings. The summed E-state index contributed by atoms with van der Waals surface area (Å²) in [7, 11) is 1.91. The number of aliphatic hydroxyl groups is 1. The van der Waals surface area contributed by atoms with Crippen molar-refractivity contribution < 1.29 is 5.11 Å². The van der Waals surface area contributed by atoms with Gasteiger partial charge < -0.3 is 9.67 Å². The first-order valence-corrected chi connectivity index (χ1v) is 5.29. The molecule has 2 aliphatic rings. The first kappa shape index (κ1) is 8.41. The Balaban J connectivity index is 2.02. The highest BCUT2D eigenvalue weighted by atomic mass is 16.3. The van der Waals surface area contributed by atoms with Gasteiger partial charge in [0, 0.05) is 7.05 Å². The van der Waals surface area contributed by atoms with Crippen LogP contribution in [0, 0.1) is 11.8 Å². The normalized spacial score (nSPS) is 22.7. The van der Waals surface area contributed by atoms with Crippen LogP contribution in [-0.4, -0.2) is 19.9 Å². The monoisotopic (exact) mass is 193 g/mol. The maximum absolute atomic E-state index is 10.7. The van der Waals surface area contributed by atoms with Crippen LogP contribution in [0.1, 0.15) is 31.5 Å². The highest BCUT2D eigenvalue weighted by Gasteiger charge is 2.56. The van der Waals surface area contributed by atoms with Crippen LogP contribution in [0.4, 0.5) is 0 Å². The minimum Gasteiger partial charge on any atom is -0.381 e. The average molecular weight is 193 g/mol. The number of nitrogens with zero attached hydrogens (tertiary/aromatic N) is 3. The van der Waals surface area contributed by atoms with Gasteiger partial charge in [0.2, 0.25) is 0 Å². The lowest BCUT2D eigenvalue weighted by Crippen LogP contribution is -2.34. The third-order valence-corrected chi connectivity index (χ3v) is 3.47. The zero-order valence-corrected chi connectivity index (χ0v) is 8.35. The van der Waals surface area contributed by atoms with Crippen molar-refractivity contribution in [2.24, 2.45) is 18.9 Å². The first-order valence-electron chi connectivity index (χ1n) is 5.29. The van der Waals surface area contributed by atoms with Gasteiger partial charge >= 0.3 is 0 Å². The Morgan fingerprint density at radius 1 is 1.36 bits per heavy atom. The Morgan fingerprint density at radius 3 is 2.29 bits per heavy atom. The van der Waals surface area contributed by atoms with Gasteiger partial charge in [-0.1, -0.05) is 0 Å². The predicted octanol–water partition coefficient (Wildman–Crippen LogP) is 0.823. The molecule has 0 atom stereocenters. The van der Waals surface area contributed by atoms with Crippen LogP contribution in [-0.2, 0) is 12.6 Å². The fraction of sp³-hybridized carbons (Fsp3) is 0.800. The van der Waals surface area contributed by atoms with E-state index in [1.807, 2.05) is 11.6 Å². The summed E-state index contributed by atoms with van der Waals surface area (Å²) >= 11 is 0. The van der Waals surface area contributed by atoms with Gasteiger partial charge in [0.15, 0.2) is 5.82 Å². The van der Waals surface area contributed by atoms with E-state index in [1.165, 1.54) is 0 Å². The Labute approximate surface area is 83.0 Å². The van der Waals surface area contributed by atoms with E-state index in [0.29, 0.717) is 11.8 Å². The molecular formula is C10H15N3O. The average Bonchev–Trinajstić information content (AvgIpc) is 3.00. The maximum Gasteiger partial charge on any atom is 0.165 e. The second-order valence-corrected chi connectivity index (χ2v) is 4.64. The molecule has 2 saturated carbocycles. The SMILES string of the molecule is Cn1cnnc1C(O)(C1CC1)C1CC1. The highest BCUT2D eigenvalue weighted by Crippen LogP contribution is 2.56. The van der Waals surface area contributed by atoms with Crippen molar-refractivity contribution in [1.82, 2.24) is 14.8 Å². The van der Waals surface area contributed by atoms with Crippen molar-refractivity contribution in [3.8, 4) is 0 Å². The van der Waals surface area contributed by atoms with Crippen LogP contribution in [0.5, 0.6) is 0 Å². The van der Waals surface area contributed by atoms with Crippen molar-refractivity contribution in [1.29, 1.82) is 0 Å². The lowest BCUT2D eigenvalue weighted by atomic mass is 9.91. The molecule has 1 N–H and O–H groups in total. The number of rotatable bonds is 3. The molecule has 4 heteroatoms. The molecule has 14 heavy (non-hydrogen) atoms. The zero-order chi connectivity index (χ0) is 9.76. The Kier molecular flexibility index (Phi) is 1.54. The minimum atomic E-state index is -0.675. The molecule has 76 valence electrons. The molecule has 4 nitrogen and oxygen atoms in total. The zero-order valence-electron chi connectivity index (χ0n) is 8.35. The van der Waals surface area contributed by atoms with Crippen LogP contribution in [0.15, 0.2) is 6.33 Å². The molecule has 1 heterocycles. The van der Waals surface area contributed by atoms with Crippen LogP contribution >= 0.6 is 0 Å². The molecular weight excluding hydrogens is 178 g/mol. The molecule has 0 unspecified atom stereocenters. The summed E-state index contributed by atoms with van der Waals surface area (Å²) in [5.41, 5.74) is -0.675. The third kappa shape index (κ3) is 1.03. The molecule has 0 saturated heterocycles. The van der Waals surface area contributed by atoms with Gasteiger partial charge in [0.05, 0.1) is 0 Å². The number of aromatic nitrogens is 3. The molecule has 0 aromatic carbocycles. The van der Waals surface area contributed by atoms with Gasteiger partial charge in [-0.15, -0.1) is 10.2 Å². The lowest BCUT2D eigenvalue weighted by molar-refractivity contribution is -0.0214. The van der Waals surface area contributed by atoms with Gasteiger partial charge in [-0.3, -0.25) is 0 Å². The van der Waals surface area contributed by atoms with Gasteiger partial charge in [-0.2, -0.15) is 0 Å². The summed E-state index contributed by atoms with van der Waals surface area (Å²) < 4.78 is 1.86. The third-order valence-electron chi connectivity index (χ3n) is 3.47. The summed E-state index contributed by atoms with van der Waals surface area (Å²) in [6.45, 7) is 0. The van der Waals surface area contributed by atoms with E-state index in [1.54, 1.807) is 6.33 Å². The van der Waals surface area contributed by atoms with E-state index >= 15 is 0 Å². The predicted molar refractivity (Wildman–Crippen MR) is 50.3 cm³/mol. The molecule has 0 bridgehead atoms. The molecule has 0 amide bonds. The van der Waals surface area contributed by atoms with Crippen molar-refractivity contribution in [2.75, 3.05) is 0 Å². The molecule has 3 rings (SSSR count). The summed E-state index contributed by atoms with van der Waals surface area (Å²) in [6.07, 6.45) is 6.23. The van der Waals surface area contributed by atoms with E-state index in [4.69, 9.17) is 0 Å². The Bertz CT molecular complexity index is 340. The lowest BCUT2D eigenvalue weighted by Gasteiger charge is -2.26. The van der Waals surface area contributed by atoms with Crippen LogP contribution < -0.4 is 0 Å². The van der Waals surface area contributed by atoms with Crippen molar-refractivity contribution in [3.63, 3.8) is 0 Å². The van der Waals surface area contributed by atoms with Gasteiger partial charge in [0.1, 0.15) is 11.9 Å². The van der Waals surface area contributed by atoms with E-state index in [-0.39, 0.29) is 0 Å². The van der Waals surface area contributed by atoms with Crippen molar-refractivity contribution >= 4 is 0 Å². The maximum atomic E-state index is 10.7. The topological polar surface area (TPSA) is 50.9 Å². The highest BCUT2D eigenvalue weighted by molar-refractivity contribution is 5.14. The summed E-state index contributed by atoms with van der Waals surface area (Å²) in [6, 6.07) is 0. The van der Waals surface area contributed by atoms with Gasteiger partial charge in [0.25, 0.3) is 0 Å². The second-order valence-electron chi connectivity index (χ2n) is 4.64. The number of hydrogen-bond donors (Lipinski definition) is 1. The number of hydrogen-bond acceptors (Lipinski definition) is 3. The van der Waals surface area contributed by atoms with Crippen LogP contribution in [0.2, 0.25) is 0 Å². The second kappa shape index (κ2) is 2.57. The minimum absolute atomic E-state index is 0.429. The summed E-state index contributed by atoms with van der Waals surface area (Å²) in [5, 5.41) is 18.6. The summed E-state index contributed by atoms with van der Waals surface area (Å²) in [4.78, 5) is 0. The molecule has 1 aromatic heterocycles. The molecule has 0 aliphatic heterocycles. The van der Waals surface area contributed by atoms with Crippen molar-refractivity contribution in [2.45, 2.75) is 31.3 Å². The molecule has 2 fully saturated rings. The van der Waals surface area contributed by atoms with E-state index in [0.717, 1.165) is 31.5 Å². The van der Waals surface area contributed by atoms with Crippen LogP contribution in [0.25, 0.3) is 0 Å². The van der Waals surface area contributed by atoms with Gasteiger partial charge in [-0.25, -0.2) is 0 Å². The van der Waals surface area contributed by atoms with E-state index in [2.05, 4.69) is 10.2 Å². The summed E-state index contributed by atoms with van der Waals surface area (Å²) in [5.74, 6) is 1.62. The van der Waals surface area contributed by atoms with Crippen LogP contribution in [0.3, 0.4) is 0 Å². The molecule has 2 aliphatic carbocycles. The smallest absolute Gasteiger partial charge is 0.165 e. The Hall–Kier alpha value is -0.900. The standard InChI is InChI=1S/C10H15N3O/c1-13-6-11-12-9(13)10(14,7-2-3-7)8-4-5-8/h6-8,14H,2-5H2,1H3. The van der Waals surface area contributed by atoms with E-state index < -0.39 is 5.60 Å². The van der Waals surface area contributed by atoms with E-state index in [9.17, 15) is 5.11 Å². The first-order chi connectivity index (χ1) is 6.73. The Morgan fingerprint density at radius 2 is 1.93 bits per heavy atom. The molecule has 0 spiro atoms. The fourth-order valence-corrected chi connectivity index (χ4v) is 2.39. The fourth-order valence-electron chi connectivity index (χ4n) is 2.39. The van der Waals surface area contributed by atoms with Gasteiger partial charge in [-0.05, 0) is 37.5 Å². The van der Waals surface area contributed by atoms with Crippen molar-refractivity contribution in [3.05, 3.63) is 12.2 Å². The largest absolute Gasteiger partial charge is 0.381 e. The quantitative estimate of drug-likeness (QED) is 0.773. The molecule has 0 radical (unpaired) electrons.